The van der Waals surface area contributed by atoms with Gasteiger partial charge in [-0.05, 0) is 84.3 Å². The highest BCUT2D eigenvalue weighted by Gasteiger charge is 2.17. The van der Waals surface area contributed by atoms with E-state index in [1.807, 2.05) is 0 Å². The van der Waals surface area contributed by atoms with Crippen LogP contribution in [0.15, 0.2) is 0 Å². The van der Waals surface area contributed by atoms with Gasteiger partial charge in [-0.2, -0.15) is 0 Å². The SMILES string of the molecule is CCCN1CCC(NCCCN2CCCC2)CC1. The van der Waals surface area contributed by atoms with Gasteiger partial charge in [-0.15, -0.1) is 0 Å². The molecule has 0 aliphatic carbocycles. The minimum Gasteiger partial charge on any atom is -0.314 e. The molecule has 0 spiro atoms. The summed E-state index contributed by atoms with van der Waals surface area (Å²) in [5.74, 6) is 0. The number of piperidine rings is 1. The van der Waals surface area contributed by atoms with Gasteiger partial charge in [0, 0.05) is 6.04 Å². The van der Waals surface area contributed by atoms with E-state index in [1.165, 1.54) is 84.3 Å². The van der Waals surface area contributed by atoms with Crippen molar-refractivity contribution in [2.75, 3.05) is 45.8 Å². The fraction of sp³-hybridized carbons (Fsp3) is 1.00. The Labute approximate surface area is 113 Å². The monoisotopic (exact) mass is 253 g/mol. The Morgan fingerprint density at radius 2 is 1.61 bits per heavy atom. The van der Waals surface area contributed by atoms with Gasteiger partial charge in [0.15, 0.2) is 0 Å². The van der Waals surface area contributed by atoms with Gasteiger partial charge < -0.3 is 15.1 Å². The zero-order valence-corrected chi connectivity index (χ0v) is 12.2. The molecule has 2 rings (SSSR count). The van der Waals surface area contributed by atoms with E-state index in [9.17, 15) is 0 Å². The summed E-state index contributed by atoms with van der Waals surface area (Å²) >= 11 is 0. The van der Waals surface area contributed by atoms with Gasteiger partial charge in [0.25, 0.3) is 0 Å². The molecule has 2 aliphatic rings. The molecule has 0 saturated carbocycles. The number of nitrogens with one attached hydrogen (secondary N) is 1. The number of hydrogen-bond acceptors (Lipinski definition) is 3. The summed E-state index contributed by atoms with van der Waals surface area (Å²) in [6.07, 6.45) is 8.17. The largest absolute Gasteiger partial charge is 0.314 e. The highest BCUT2D eigenvalue weighted by atomic mass is 15.1. The Morgan fingerprint density at radius 3 is 2.28 bits per heavy atom. The Morgan fingerprint density at radius 1 is 0.944 bits per heavy atom. The molecule has 2 aliphatic heterocycles. The molecule has 3 nitrogen and oxygen atoms in total. The number of rotatable bonds is 7. The van der Waals surface area contributed by atoms with Crippen molar-refractivity contribution >= 4 is 0 Å². The topological polar surface area (TPSA) is 18.5 Å². The lowest BCUT2D eigenvalue weighted by Gasteiger charge is -2.32. The molecule has 0 atom stereocenters. The molecule has 2 fully saturated rings. The molecule has 0 bridgehead atoms. The molecule has 0 aromatic rings. The van der Waals surface area contributed by atoms with Crippen molar-refractivity contribution in [3.8, 4) is 0 Å². The molecule has 0 aromatic heterocycles. The molecule has 2 saturated heterocycles. The Hall–Kier alpha value is -0.120. The smallest absolute Gasteiger partial charge is 0.00914 e. The van der Waals surface area contributed by atoms with Gasteiger partial charge >= 0.3 is 0 Å². The van der Waals surface area contributed by atoms with Crippen LogP contribution in [0.4, 0.5) is 0 Å². The van der Waals surface area contributed by atoms with E-state index in [2.05, 4.69) is 22.0 Å². The minimum atomic E-state index is 0.789. The number of likely N-dealkylation sites (tertiary alicyclic amines) is 2. The van der Waals surface area contributed by atoms with E-state index in [-0.39, 0.29) is 0 Å². The van der Waals surface area contributed by atoms with Crippen LogP contribution in [0.3, 0.4) is 0 Å². The summed E-state index contributed by atoms with van der Waals surface area (Å²) in [6.45, 7) is 11.4. The molecular formula is C15H31N3. The predicted octanol–water partition coefficient (Wildman–Crippen LogP) is 1.94. The molecule has 0 unspecified atom stereocenters. The Balaban J connectivity index is 1.47. The van der Waals surface area contributed by atoms with Crippen molar-refractivity contribution in [1.82, 2.24) is 15.1 Å². The maximum Gasteiger partial charge on any atom is 0.00914 e. The van der Waals surface area contributed by atoms with Gasteiger partial charge in [-0.25, -0.2) is 0 Å². The molecule has 1 N–H and O–H groups in total. The van der Waals surface area contributed by atoms with E-state index in [0.717, 1.165) is 6.04 Å². The summed E-state index contributed by atoms with van der Waals surface area (Å²) in [4.78, 5) is 5.23. The van der Waals surface area contributed by atoms with Gasteiger partial charge in [0.1, 0.15) is 0 Å². The van der Waals surface area contributed by atoms with Crippen LogP contribution < -0.4 is 5.32 Å². The van der Waals surface area contributed by atoms with Crippen LogP contribution in [0.1, 0.15) is 45.4 Å². The maximum atomic E-state index is 3.75. The van der Waals surface area contributed by atoms with E-state index in [4.69, 9.17) is 0 Å². The maximum absolute atomic E-state index is 3.75. The molecule has 0 radical (unpaired) electrons. The van der Waals surface area contributed by atoms with Crippen molar-refractivity contribution in [3.63, 3.8) is 0 Å². The van der Waals surface area contributed by atoms with Crippen molar-refractivity contribution in [3.05, 3.63) is 0 Å². The first kappa shape index (κ1) is 14.3. The van der Waals surface area contributed by atoms with Crippen LogP contribution in [-0.4, -0.2) is 61.7 Å². The second kappa shape index (κ2) is 8.13. The lowest BCUT2D eigenvalue weighted by Crippen LogP contribution is -2.43. The number of nitrogens with zero attached hydrogens (tertiary/aromatic N) is 2. The van der Waals surface area contributed by atoms with Crippen LogP contribution in [0.2, 0.25) is 0 Å². The minimum absolute atomic E-state index is 0.789. The lowest BCUT2D eigenvalue weighted by atomic mass is 10.0. The Kier molecular flexibility index (Phi) is 6.46. The summed E-state index contributed by atoms with van der Waals surface area (Å²) in [5.41, 5.74) is 0. The van der Waals surface area contributed by atoms with Crippen molar-refractivity contribution < 1.29 is 0 Å². The van der Waals surface area contributed by atoms with Crippen LogP contribution in [0.25, 0.3) is 0 Å². The normalized spacial score (nSPS) is 23.8. The van der Waals surface area contributed by atoms with E-state index in [0.29, 0.717) is 0 Å². The third kappa shape index (κ3) is 4.87. The number of hydrogen-bond donors (Lipinski definition) is 1. The highest BCUT2D eigenvalue weighted by Crippen LogP contribution is 2.11. The van der Waals surface area contributed by atoms with Crippen LogP contribution >= 0.6 is 0 Å². The fourth-order valence-electron chi connectivity index (χ4n) is 3.29. The average Bonchev–Trinajstić information content (AvgIpc) is 2.90. The van der Waals surface area contributed by atoms with E-state index < -0.39 is 0 Å². The fourth-order valence-corrected chi connectivity index (χ4v) is 3.29. The first-order chi connectivity index (χ1) is 8.88. The zero-order valence-electron chi connectivity index (χ0n) is 12.2. The summed E-state index contributed by atoms with van der Waals surface area (Å²) in [5, 5.41) is 3.75. The summed E-state index contributed by atoms with van der Waals surface area (Å²) in [7, 11) is 0. The lowest BCUT2D eigenvalue weighted by molar-refractivity contribution is 0.197. The molecule has 0 amide bonds. The van der Waals surface area contributed by atoms with Crippen LogP contribution in [-0.2, 0) is 0 Å². The summed E-state index contributed by atoms with van der Waals surface area (Å²) < 4.78 is 0. The first-order valence-corrected chi connectivity index (χ1v) is 8.06. The predicted molar refractivity (Wildman–Crippen MR) is 78.0 cm³/mol. The first-order valence-electron chi connectivity index (χ1n) is 8.06. The molecule has 3 heteroatoms. The Bertz CT molecular complexity index is 206. The second-order valence-corrected chi connectivity index (χ2v) is 5.97. The second-order valence-electron chi connectivity index (χ2n) is 5.97. The molecule has 106 valence electrons. The average molecular weight is 253 g/mol. The van der Waals surface area contributed by atoms with Crippen LogP contribution in [0, 0.1) is 0 Å². The highest BCUT2D eigenvalue weighted by molar-refractivity contribution is 4.77. The third-order valence-corrected chi connectivity index (χ3v) is 4.41. The third-order valence-electron chi connectivity index (χ3n) is 4.41. The van der Waals surface area contributed by atoms with Crippen molar-refractivity contribution in [2.45, 2.75) is 51.5 Å². The van der Waals surface area contributed by atoms with Gasteiger partial charge in [0.05, 0.1) is 0 Å². The molecule has 18 heavy (non-hydrogen) atoms. The van der Waals surface area contributed by atoms with Gasteiger partial charge in [0.2, 0.25) is 0 Å². The molecule has 2 heterocycles. The summed E-state index contributed by atoms with van der Waals surface area (Å²) in [6, 6.07) is 0.789. The van der Waals surface area contributed by atoms with Crippen LogP contribution in [0.5, 0.6) is 0 Å². The molecular weight excluding hydrogens is 222 g/mol. The van der Waals surface area contributed by atoms with Crippen molar-refractivity contribution in [1.29, 1.82) is 0 Å². The standard InChI is InChI=1S/C15H31N3/c1-2-9-17-13-6-15(7-14-17)16-8-5-12-18-10-3-4-11-18/h15-16H,2-14H2,1H3. The molecule has 0 aromatic carbocycles. The van der Waals surface area contributed by atoms with Gasteiger partial charge in [-0.3, -0.25) is 0 Å². The van der Waals surface area contributed by atoms with Crippen molar-refractivity contribution in [2.24, 2.45) is 0 Å². The quantitative estimate of drug-likeness (QED) is 0.700. The van der Waals surface area contributed by atoms with E-state index >= 15 is 0 Å². The zero-order chi connectivity index (χ0) is 12.6. The van der Waals surface area contributed by atoms with Gasteiger partial charge in [-0.1, -0.05) is 6.92 Å². The van der Waals surface area contributed by atoms with E-state index in [1.54, 1.807) is 0 Å².